The molecule has 0 aliphatic carbocycles. The van der Waals surface area contributed by atoms with Crippen molar-refractivity contribution in [2.45, 2.75) is 188 Å². The fourth-order valence-electron chi connectivity index (χ4n) is 5.41. The van der Waals surface area contributed by atoms with Crippen LogP contribution >= 0.6 is 0 Å². The lowest BCUT2D eigenvalue weighted by Gasteiger charge is -2.23. The first-order valence-electron chi connectivity index (χ1n) is 19.2. The number of alkyl carbamates (subject to hydrolysis) is 1. The summed E-state index contributed by atoms with van der Waals surface area (Å²) in [6.07, 6.45) is 28.7. The largest absolute Gasteiger partial charge is 0.444 e. The zero-order valence-corrected chi connectivity index (χ0v) is 30.7. The van der Waals surface area contributed by atoms with Gasteiger partial charge in [-0.2, -0.15) is 0 Å². The predicted octanol–water partition coefficient (Wildman–Crippen LogP) is 10.4. The monoisotopic (exact) mass is 641 g/mol. The Kier molecular flexibility index (Phi) is 31.6. The van der Waals surface area contributed by atoms with Gasteiger partial charge in [-0.05, 0) is 46.5 Å². The van der Waals surface area contributed by atoms with Crippen LogP contribution in [0.5, 0.6) is 0 Å². The van der Waals surface area contributed by atoms with Gasteiger partial charge in [0.05, 0.1) is 0 Å². The van der Waals surface area contributed by atoms with Crippen molar-refractivity contribution in [1.29, 1.82) is 0 Å². The number of unbranched alkanes of at least 4 members (excludes halogenated alkanes) is 19. The van der Waals surface area contributed by atoms with E-state index in [1.54, 1.807) is 0 Å². The molecule has 0 radical (unpaired) electrons. The second-order valence-electron chi connectivity index (χ2n) is 13.9. The van der Waals surface area contributed by atoms with Crippen molar-refractivity contribution in [3.8, 4) is 0 Å². The van der Waals surface area contributed by atoms with E-state index in [4.69, 9.17) is 14.2 Å². The molecule has 0 spiro atoms. The molecule has 0 aromatic heterocycles. The zero-order chi connectivity index (χ0) is 33.3. The number of amides is 2. The maximum atomic E-state index is 13.0. The minimum absolute atomic E-state index is 0.0529. The molecule has 0 aliphatic heterocycles. The van der Waals surface area contributed by atoms with Crippen LogP contribution in [0.2, 0.25) is 0 Å². The number of ether oxygens (including phenoxy) is 3. The molecule has 0 aromatic carbocycles. The summed E-state index contributed by atoms with van der Waals surface area (Å²) >= 11 is 0. The van der Waals surface area contributed by atoms with Crippen LogP contribution in [0.1, 0.15) is 182 Å². The Labute approximate surface area is 279 Å². The van der Waals surface area contributed by atoms with Crippen molar-refractivity contribution in [2.24, 2.45) is 0 Å². The molecule has 0 aromatic rings. The Morgan fingerprint density at radius 3 is 1.47 bits per heavy atom. The van der Waals surface area contributed by atoms with E-state index in [1.807, 2.05) is 25.7 Å². The van der Waals surface area contributed by atoms with Crippen LogP contribution < -0.4 is 5.32 Å². The van der Waals surface area contributed by atoms with E-state index in [1.165, 1.54) is 122 Å². The highest BCUT2D eigenvalue weighted by molar-refractivity contribution is 5.77. The smallest absolute Gasteiger partial charge is 0.407 e. The summed E-state index contributed by atoms with van der Waals surface area (Å²) in [5.74, 6) is 0.0529. The van der Waals surface area contributed by atoms with E-state index >= 15 is 0 Å². The molecule has 45 heavy (non-hydrogen) atoms. The standard InChI is InChI=1S/C38H76N2O5/c1-6-8-10-12-14-16-17-18-19-21-23-25-30-40(31-28-34-43-32-26-24-22-20-15-13-11-9-7-2)36(41)35-44-33-27-29-39-37(42)45-38(3,4)5/h6-35H2,1-5H3,(H,39,42). The third-order valence-electron chi connectivity index (χ3n) is 8.10. The first kappa shape index (κ1) is 43.7. The van der Waals surface area contributed by atoms with Crippen LogP contribution in [0, 0.1) is 0 Å². The fraction of sp³-hybridized carbons (Fsp3) is 0.947. The Balaban J connectivity index is 4.17. The van der Waals surface area contributed by atoms with E-state index in [0.29, 0.717) is 26.2 Å². The molecule has 0 bridgehead atoms. The average molecular weight is 641 g/mol. The normalized spacial score (nSPS) is 11.6. The summed E-state index contributed by atoms with van der Waals surface area (Å²) in [6, 6.07) is 0. The fourth-order valence-corrected chi connectivity index (χ4v) is 5.41. The van der Waals surface area contributed by atoms with Crippen LogP contribution in [0.3, 0.4) is 0 Å². The molecular weight excluding hydrogens is 564 g/mol. The SMILES string of the molecule is CCCCCCCCCCCCCCN(CCCOCCCCCCCCCCC)C(=O)COCCCNC(=O)OC(C)(C)C. The number of nitrogens with zero attached hydrogens (tertiary/aromatic N) is 1. The second kappa shape index (κ2) is 32.6. The molecule has 7 nitrogen and oxygen atoms in total. The Morgan fingerprint density at radius 1 is 0.533 bits per heavy atom. The molecular formula is C38H76N2O5. The topological polar surface area (TPSA) is 77.1 Å². The lowest BCUT2D eigenvalue weighted by molar-refractivity contribution is -0.136. The molecule has 2 amide bonds. The minimum Gasteiger partial charge on any atom is -0.444 e. The summed E-state index contributed by atoms with van der Waals surface area (Å²) in [7, 11) is 0. The van der Waals surface area contributed by atoms with Gasteiger partial charge in [-0.1, -0.05) is 136 Å². The Morgan fingerprint density at radius 2 is 0.956 bits per heavy atom. The van der Waals surface area contributed by atoms with Gasteiger partial charge in [0.2, 0.25) is 5.91 Å². The first-order chi connectivity index (χ1) is 21.8. The first-order valence-corrected chi connectivity index (χ1v) is 19.2. The van der Waals surface area contributed by atoms with Gasteiger partial charge < -0.3 is 24.4 Å². The maximum absolute atomic E-state index is 13.0. The lowest BCUT2D eigenvalue weighted by Crippen LogP contribution is -2.36. The molecule has 0 saturated carbocycles. The van der Waals surface area contributed by atoms with Gasteiger partial charge in [-0.15, -0.1) is 0 Å². The van der Waals surface area contributed by atoms with Crippen molar-refractivity contribution < 1.29 is 23.8 Å². The second-order valence-corrected chi connectivity index (χ2v) is 13.9. The summed E-state index contributed by atoms with van der Waals surface area (Å²) < 4.78 is 16.8. The van der Waals surface area contributed by atoms with Crippen LogP contribution in [0.25, 0.3) is 0 Å². The number of hydrogen-bond acceptors (Lipinski definition) is 5. The summed E-state index contributed by atoms with van der Waals surface area (Å²) in [5.41, 5.74) is -0.512. The van der Waals surface area contributed by atoms with Gasteiger partial charge in [0, 0.05) is 39.5 Å². The molecule has 0 saturated heterocycles. The molecule has 0 fully saturated rings. The molecule has 0 unspecified atom stereocenters. The molecule has 0 atom stereocenters. The van der Waals surface area contributed by atoms with Crippen molar-refractivity contribution in [3.05, 3.63) is 0 Å². The third-order valence-corrected chi connectivity index (χ3v) is 8.10. The summed E-state index contributed by atoms with van der Waals surface area (Å²) in [4.78, 5) is 26.7. The zero-order valence-electron chi connectivity index (χ0n) is 30.7. The number of rotatable bonds is 33. The molecule has 0 rings (SSSR count). The number of carbonyl (C=O) groups is 2. The molecule has 0 aliphatic rings. The maximum Gasteiger partial charge on any atom is 0.407 e. The van der Waals surface area contributed by atoms with Crippen molar-refractivity contribution in [3.63, 3.8) is 0 Å². The van der Waals surface area contributed by atoms with Crippen LogP contribution in [-0.2, 0) is 19.0 Å². The lowest BCUT2D eigenvalue weighted by atomic mass is 10.1. The number of hydrogen-bond donors (Lipinski definition) is 1. The minimum atomic E-state index is -0.512. The van der Waals surface area contributed by atoms with E-state index < -0.39 is 11.7 Å². The van der Waals surface area contributed by atoms with E-state index in [0.717, 1.165) is 39.0 Å². The van der Waals surface area contributed by atoms with Crippen LogP contribution in [0.4, 0.5) is 4.79 Å². The van der Waals surface area contributed by atoms with Gasteiger partial charge in [0.1, 0.15) is 12.2 Å². The van der Waals surface area contributed by atoms with Gasteiger partial charge in [-0.3, -0.25) is 4.79 Å². The van der Waals surface area contributed by atoms with Crippen LogP contribution in [-0.4, -0.2) is 68.6 Å². The van der Waals surface area contributed by atoms with E-state index in [9.17, 15) is 9.59 Å². The van der Waals surface area contributed by atoms with Crippen LogP contribution in [0.15, 0.2) is 0 Å². The Bertz CT molecular complexity index is 653. The predicted molar refractivity (Wildman–Crippen MR) is 190 cm³/mol. The molecule has 268 valence electrons. The Hall–Kier alpha value is -1.34. The van der Waals surface area contributed by atoms with Gasteiger partial charge in [0.15, 0.2) is 0 Å². The van der Waals surface area contributed by atoms with Gasteiger partial charge in [0.25, 0.3) is 0 Å². The van der Waals surface area contributed by atoms with Crippen molar-refractivity contribution in [1.82, 2.24) is 10.2 Å². The van der Waals surface area contributed by atoms with E-state index in [-0.39, 0.29) is 12.5 Å². The highest BCUT2D eigenvalue weighted by atomic mass is 16.6. The molecule has 1 N–H and O–H groups in total. The highest BCUT2D eigenvalue weighted by Gasteiger charge is 2.16. The number of carbonyl (C=O) groups excluding carboxylic acids is 2. The highest BCUT2D eigenvalue weighted by Crippen LogP contribution is 2.13. The van der Waals surface area contributed by atoms with Crippen molar-refractivity contribution >= 4 is 12.0 Å². The van der Waals surface area contributed by atoms with Crippen molar-refractivity contribution in [2.75, 3.05) is 46.1 Å². The van der Waals surface area contributed by atoms with E-state index in [2.05, 4.69) is 19.2 Å². The number of nitrogens with one attached hydrogen (secondary N) is 1. The third kappa shape index (κ3) is 33.8. The summed E-state index contributed by atoms with van der Waals surface area (Å²) in [6.45, 7) is 14.1. The average Bonchev–Trinajstić information content (AvgIpc) is 2.99. The molecule has 0 heterocycles. The summed E-state index contributed by atoms with van der Waals surface area (Å²) in [5, 5.41) is 2.73. The van der Waals surface area contributed by atoms with Gasteiger partial charge in [-0.25, -0.2) is 4.79 Å². The van der Waals surface area contributed by atoms with Gasteiger partial charge >= 0.3 is 6.09 Å². The quantitative estimate of drug-likeness (QED) is 0.0722. The molecule has 7 heteroatoms.